The Kier molecular flexibility index (Phi) is 12.1. The van der Waals surface area contributed by atoms with Crippen molar-refractivity contribution in [3.05, 3.63) is 29.8 Å². The van der Waals surface area contributed by atoms with E-state index in [0.29, 0.717) is 5.56 Å². The minimum absolute atomic E-state index is 0.0835. The predicted octanol–water partition coefficient (Wildman–Crippen LogP) is -2.98. The summed E-state index contributed by atoms with van der Waals surface area (Å²) in [6, 6.07) is -0.917. The zero-order valence-corrected chi connectivity index (χ0v) is 20.0. The first-order chi connectivity index (χ1) is 17.7. The summed E-state index contributed by atoms with van der Waals surface area (Å²) in [6.45, 7) is 0. The first-order valence-electron chi connectivity index (χ1n) is 11.1. The molecular formula is C22H29N5O11. The lowest BCUT2D eigenvalue weighted by Crippen LogP contribution is -2.58. The average Bonchev–Trinajstić information content (AvgIpc) is 2.80. The van der Waals surface area contributed by atoms with Crippen LogP contribution in [-0.4, -0.2) is 86.1 Å². The Morgan fingerprint density at radius 2 is 1.24 bits per heavy atom. The van der Waals surface area contributed by atoms with Gasteiger partial charge < -0.3 is 47.8 Å². The lowest BCUT2D eigenvalue weighted by molar-refractivity contribution is -0.147. The van der Waals surface area contributed by atoms with Crippen LogP contribution in [0.3, 0.4) is 0 Å². The van der Waals surface area contributed by atoms with E-state index in [2.05, 4.69) is 10.6 Å². The van der Waals surface area contributed by atoms with Crippen LogP contribution < -0.4 is 27.4 Å². The van der Waals surface area contributed by atoms with Gasteiger partial charge in [0, 0.05) is 12.8 Å². The highest BCUT2D eigenvalue weighted by Gasteiger charge is 2.31. The highest BCUT2D eigenvalue weighted by molar-refractivity contribution is 5.95. The maximum absolute atomic E-state index is 13.1. The number of benzene rings is 1. The Bertz CT molecular complexity index is 1060. The van der Waals surface area contributed by atoms with E-state index in [1.165, 1.54) is 24.3 Å². The Morgan fingerprint density at radius 3 is 1.74 bits per heavy atom. The average molecular weight is 539 g/mol. The van der Waals surface area contributed by atoms with E-state index in [1.807, 2.05) is 5.32 Å². The van der Waals surface area contributed by atoms with E-state index in [-0.39, 0.29) is 12.2 Å². The van der Waals surface area contributed by atoms with E-state index in [0.717, 1.165) is 0 Å². The van der Waals surface area contributed by atoms with Crippen LogP contribution in [0.15, 0.2) is 24.3 Å². The van der Waals surface area contributed by atoms with Crippen molar-refractivity contribution >= 4 is 41.5 Å². The van der Waals surface area contributed by atoms with Gasteiger partial charge in [-0.3, -0.25) is 28.8 Å². The fourth-order valence-corrected chi connectivity index (χ4v) is 3.11. The number of carboxylic acid groups (broad SMARTS) is 3. The fourth-order valence-electron chi connectivity index (χ4n) is 3.11. The first kappa shape index (κ1) is 31.3. The molecule has 4 atom stereocenters. The molecule has 0 aliphatic heterocycles. The van der Waals surface area contributed by atoms with E-state index in [1.54, 1.807) is 0 Å². The SMILES string of the molecule is NC(=O)CCC(NC(=O)C(Cc1ccc(O)cc1)NC(=O)C(N)CC(=O)O)C(=O)NC(CC(=O)O)C(=O)O. The summed E-state index contributed by atoms with van der Waals surface area (Å²) in [5.41, 5.74) is 11.1. The molecule has 208 valence electrons. The number of nitrogens with two attached hydrogens (primary N) is 2. The third-order valence-corrected chi connectivity index (χ3v) is 5.05. The molecule has 0 spiro atoms. The van der Waals surface area contributed by atoms with Gasteiger partial charge in [0.05, 0.1) is 18.9 Å². The Morgan fingerprint density at radius 1 is 0.737 bits per heavy atom. The highest BCUT2D eigenvalue weighted by Crippen LogP contribution is 2.12. The lowest BCUT2D eigenvalue weighted by Gasteiger charge is -2.25. The van der Waals surface area contributed by atoms with Gasteiger partial charge in [0.15, 0.2) is 0 Å². The molecule has 0 aliphatic carbocycles. The van der Waals surface area contributed by atoms with Crippen molar-refractivity contribution in [2.24, 2.45) is 11.5 Å². The van der Waals surface area contributed by atoms with Crippen molar-refractivity contribution in [1.82, 2.24) is 16.0 Å². The van der Waals surface area contributed by atoms with Gasteiger partial charge in [-0.2, -0.15) is 0 Å². The number of nitrogens with one attached hydrogen (secondary N) is 3. The van der Waals surface area contributed by atoms with Crippen LogP contribution in [0.2, 0.25) is 0 Å². The molecule has 16 nitrogen and oxygen atoms in total. The summed E-state index contributed by atoms with van der Waals surface area (Å²) < 4.78 is 0. The van der Waals surface area contributed by atoms with E-state index >= 15 is 0 Å². The van der Waals surface area contributed by atoms with Gasteiger partial charge in [-0.25, -0.2) is 4.79 Å². The van der Waals surface area contributed by atoms with Crippen molar-refractivity contribution < 1.29 is 54.0 Å². The largest absolute Gasteiger partial charge is 0.508 e. The molecule has 0 radical (unpaired) electrons. The number of amides is 4. The zero-order valence-electron chi connectivity index (χ0n) is 20.0. The molecule has 0 aliphatic rings. The molecule has 4 amide bonds. The Hall–Kier alpha value is -4.73. The standard InChI is InChI=1S/C22H29N5O11/c23-12(8-17(30)31)19(34)26-14(7-10-1-3-11(28)4-2-10)21(36)25-13(5-6-16(24)29)20(35)27-15(22(37)38)9-18(32)33/h1-4,12-15,28H,5-9,23H2,(H2,24,29)(H,25,36)(H,26,34)(H,27,35)(H,30,31)(H,32,33)(H,37,38). The van der Waals surface area contributed by atoms with Crippen LogP contribution in [0.25, 0.3) is 0 Å². The summed E-state index contributed by atoms with van der Waals surface area (Å²) in [4.78, 5) is 82.6. The lowest BCUT2D eigenvalue weighted by atomic mass is 10.0. The smallest absolute Gasteiger partial charge is 0.326 e. The second kappa shape index (κ2) is 14.7. The molecule has 11 N–H and O–H groups in total. The summed E-state index contributed by atoms with van der Waals surface area (Å²) in [5, 5.41) is 42.9. The van der Waals surface area contributed by atoms with Crippen molar-refractivity contribution in [2.45, 2.75) is 56.3 Å². The second-order valence-corrected chi connectivity index (χ2v) is 8.20. The van der Waals surface area contributed by atoms with Gasteiger partial charge in [0.2, 0.25) is 23.6 Å². The van der Waals surface area contributed by atoms with Gasteiger partial charge in [-0.15, -0.1) is 0 Å². The molecule has 1 aromatic carbocycles. The molecule has 1 aromatic rings. The van der Waals surface area contributed by atoms with Gasteiger partial charge in [0.1, 0.15) is 23.9 Å². The maximum Gasteiger partial charge on any atom is 0.326 e. The quantitative estimate of drug-likeness (QED) is 0.102. The molecular weight excluding hydrogens is 510 g/mol. The number of aromatic hydroxyl groups is 1. The van der Waals surface area contributed by atoms with Crippen LogP contribution >= 0.6 is 0 Å². The number of rotatable bonds is 16. The Balaban J connectivity index is 3.18. The third-order valence-electron chi connectivity index (χ3n) is 5.05. The molecule has 16 heteroatoms. The topological polar surface area (TPSA) is 289 Å². The molecule has 0 saturated carbocycles. The van der Waals surface area contributed by atoms with E-state index in [4.69, 9.17) is 21.7 Å². The molecule has 0 fully saturated rings. The van der Waals surface area contributed by atoms with E-state index < -0.39 is 91.4 Å². The number of hydrogen-bond acceptors (Lipinski definition) is 9. The van der Waals surface area contributed by atoms with Crippen LogP contribution in [0.4, 0.5) is 0 Å². The van der Waals surface area contributed by atoms with Gasteiger partial charge in [0.25, 0.3) is 0 Å². The Labute approximate surface area is 215 Å². The van der Waals surface area contributed by atoms with Crippen molar-refractivity contribution in [3.63, 3.8) is 0 Å². The van der Waals surface area contributed by atoms with Crippen LogP contribution in [0, 0.1) is 0 Å². The number of primary amides is 1. The van der Waals surface area contributed by atoms with Crippen LogP contribution in [-0.2, 0) is 40.0 Å². The second-order valence-electron chi connectivity index (χ2n) is 8.20. The summed E-state index contributed by atoms with van der Waals surface area (Å²) >= 11 is 0. The predicted molar refractivity (Wildman–Crippen MR) is 126 cm³/mol. The van der Waals surface area contributed by atoms with Crippen molar-refractivity contribution in [1.29, 1.82) is 0 Å². The number of phenols is 1. The molecule has 4 unspecified atom stereocenters. The number of aliphatic carboxylic acids is 3. The third kappa shape index (κ3) is 11.3. The van der Waals surface area contributed by atoms with Gasteiger partial charge >= 0.3 is 17.9 Å². The minimum Gasteiger partial charge on any atom is -0.508 e. The number of carboxylic acids is 3. The molecule has 1 rings (SSSR count). The van der Waals surface area contributed by atoms with Gasteiger partial charge in [-0.1, -0.05) is 12.1 Å². The summed E-state index contributed by atoms with van der Waals surface area (Å²) in [6.07, 6.45) is -2.75. The molecule has 0 aromatic heterocycles. The molecule has 38 heavy (non-hydrogen) atoms. The van der Waals surface area contributed by atoms with E-state index in [9.17, 15) is 43.8 Å². The minimum atomic E-state index is -1.85. The van der Waals surface area contributed by atoms with Crippen LogP contribution in [0.1, 0.15) is 31.2 Å². The summed E-state index contributed by atoms with van der Waals surface area (Å²) in [5.74, 6) is -8.63. The first-order valence-corrected chi connectivity index (χ1v) is 11.1. The van der Waals surface area contributed by atoms with Gasteiger partial charge in [-0.05, 0) is 24.1 Å². The number of carbonyl (C=O) groups is 7. The van der Waals surface area contributed by atoms with Crippen LogP contribution in [0.5, 0.6) is 5.75 Å². The molecule has 0 saturated heterocycles. The highest BCUT2D eigenvalue weighted by atomic mass is 16.4. The number of carbonyl (C=O) groups excluding carboxylic acids is 4. The number of phenolic OH excluding ortho intramolecular Hbond substituents is 1. The van der Waals surface area contributed by atoms with Crippen molar-refractivity contribution in [2.75, 3.05) is 0 Å². The normalized spacial score (nSPS) is 13.7. The fraction of sp³-hybridized carbons (Fsp3) is 0.409. The van der Waals surface area contributed by atoms with Crippen molar-refractivity contribution in [3.8, 4) is 5.75 Å². The maximum atomic E-state index is 13.1. The monoisotopic (exact) mass is 539 g/mol. The number of hydrogen-bond donors (Lipinski definition) is 9. The summed E-state index contributed by atoms with van der Waals surface area (Å²) in [7, 11) is 0. The molecule has 0 bridgehead atoms. The zero-order chi connectivity index (χ0) is 29.0. The molecule has 0 heterocycles.